The van der Waals surface area contributed by atoms with E-state index in [0.29, 0.717) is 36.1 Å². The van der Waals surface area contributed by atoms with Gasteiger partial charge in [0.1, 0.15) is 5.69 Å². The highest BCUT2D eigenvalue weighted by atomic mass is 35.5. The first-order valence-electron chi connectivity index (χ1n) is 6.24. The lowest BCUT2D eigenvalue weighted by Crippen LogP contribution is -2.12. The first-order chi connectivity index (χ1) is 9.60. The Hall–Kier alpha value is -1.57. The third-order valence-corrected chi connectivity index (χ3v) is 2.76. The molecular weight excluding hydrogens is 286 g/mol. The average Bonchev–Trinajstić information content (AvgIpc) is 2.41. The van der Waals surface area contributed by atoms with Crippen LogP contribution in [-0.2, 0) is 4.74 Å². The number of benzene rings is 1. The molecule has 0 atom stereocenters. The van der Waals surface area contributed by atoms with Crippen molar-refractivity contribution in [2.75, 3.05) is 43.5 Å². The Morgan fingerprint density at radius 3 is 2.70 bits per heavy atom. The lowest BCUT2D eigenvalue weighted by Gasteiger charge is -2.11. The number of anilines is 2. The van der Waals surface area contributed by atoms with Gasteiger partial charge in [-0.1, -0.05) is 11.6 Å². The molecule has 0 saturated heterocycles. The molecule has 0 saturated carbocycles. The quantitative estimate of drug-likeness (QED) is 0.367. The lowest BCUT2D eigenvalue weighted by atomic mass is 10.2. The minimum Gasteiger partial charge on any atom is -0.394 e. The molecule has 3 N–H and O–H groups in total. The Balaban J connectivity index is 2.79. The molecule has 0 spiro atoms. The summed E-state index contributed by atoms with van der Waals surface area (Å²) in [5, 5.41) is 25.8. The van der Waals surface area contributed by atoms with Gasteiger partial charge in [0.15, 0.2) is 0 Å². The average molecular weight is 304 g/mol. The molecule has 0 fully saturated rings. The Kier molecular flexibility index (Phi) is 7.06. The second-order valence-corrected chi connectivity index (χ2v) is 4.31. The topological polar surface area (TPSA) is 96.7 Å². The predicted molar refractivity (Wildman–Crippen MR) is 78.7 cm³/mol. The van der Waals surface area contributed by atoms with Gasteiger partial charge in [0.2, 0.25) is 0 Å². The van der Waals surface area contributed by atoms with E-state index in [0.717, 1.165) is 0 Å². The van der Waals surface area contributed by atoms with Gasteiger partial charge in [-0.15, -0.1) is 0 Å². The fourth-order valence-electron chi connectivity index (χ4n) is 1.61. The number of hydrogen-bond donors (Lipinski definition) is 3. The van der Waals surface area contributed by atoms with E-state index in [-0.39, 0.29) is 18.9 Å². The highest BCUT2D eigenvalue weighted by molar-refractivity contribution is 6.33. The van der Waals surface area contributed by atoms with Crippen LogP contribution in [0.5, 0.6) is 0 Å². The number of ether oxygens (including phenoxy) is 1. The van der Waals surface area contributed by atoms with Crippen molar-refractivity contribution in [3.05, 3.63) is 27.3 Å². The van der Waals surface area contributed by atoms with Crippen LogP contribution in [0.4, 0.5) is 17.1 Å². The number of hydrogen-bond acceptors (Lipinski definition) is 6. The van der Waals surface area contributed by atoms with Gasteiger partial charge in [-0.3, -0.25) is 10.1 Å². The number of nitro groups is 1. The molecule has 0 amide bonds. The molecule has 0 radical (unpaired) electrons. The summed E-state index contributed by atoms with van der Waals surface area (Å²) in [7, 11) is 0. The van der Waals surface area contributed by atoms with Crippen molar-refractivity contribution in [2.24, 2.45) is 0 Å². The fraction of sp³-hybridized carbons (Fsp3) is 0.500. The Morgan fingerprint density at radius 2 is 2.10 bits per heavy atom. The third kappa shape index (κ3) is 4.84. The Bertz CT molecular complexity index is 457. The van der Waals surface area contributed by atoms with Crippen molar-refractivity contribution in [3.8, 4) is 0 Å². The van der Waals surface area contributed by atoms with Gasteiger partial charge in [0.05, 0.1) is 35.5 Å². The lowest BCUT2D eigenvalue weighted by molar-refractivity contribution is -0.383. The van der Waals surface area contributed by atoms with Gasteiger partial charge in [0.25, 0.3) is 5.69 Å². The van der Waals surface area contributed by atoms with E-state index in [1.165, 1.54) is 6.07 Å². The maximum Gasteiger partial charge on any atom is 0.293 e. The first-order valence-corrected chi connectivity index (χ1v) is 6.62. The minimum atomic E-state index is -0.488. The fourth-order valence-corrected chi connectivity index (χ4v) is 1.83. The number of nitrogens with one attached hydrogen (secondary N) is 2. The zero-order valence-corrected chi connectivity index (χ0v) is 11.9. The number of nitro benzene ring substituents is 1. The summed E-state index contributed by atoms with van der Waals surface area (Å²) in [6.07, 6.45) is 0. The zero-order valence-electron chi connectivity index (χ0n) is 11.2. The second-order valence-electron chi connectivity index (χ2n) is 3.90. The van der Waals surface area contributed by atoms with E-state index in [4.69, 9.17) is 21.4 Å². The number of nitrogens with zero attached hydrogens (tertiary/aromatic N) is 1. The maximum absolute atomic E-state index is 11.0. The number of halogens is 1. The summed E-state index contributed by atoms with van der Waals surface area (Å²) in [6.45, 7) is 3.51. The molecule has 1 aromatic rings. The van der Waals surface area contributed by atoms with Gasteiger partial charge in [-0.2, -0.15) is 0 Å². The Morgan fingerprint density at radius 1 is 1.35 bits per heavy atom. The van der Waals surface area contributed by atoms with E-state index < -0.39 is 4.92 Å². The van der Waals surface area contributed by atoms with Gasteiger partial charge in [-0.25, -0.2) is 0 Å². The van der Waals surface area contributed by atoms with Crippen molar-refractivity contribution >= 4 is 28.7 Å². The number of rotatable bonds is 9. The molecule has 0 unspecified atom stereocenters. The molecule has 112 valence electrons. The van der Waals surface area contributed by atoms with Crippen LogP contribution in [-0.4, -0.2) is 42.9 Å². The highest BCUT2D eigenvalue weighted by Gasteiger charge is 2.17. The van der Waals surface area contributed by atoms with E-state index >= 15 is 0 Å². The largest absolute Gasteiger partial charge is 0.394 e. The first kappa shape index (κ1) is 16.5. The van der Waals surface area contributed by atoms with Crippen LogP contribution in [0.15, 0.2) is 12.1 Å². The van der Waals surface area contributed by atoms with E-state index in [1.54, 1.807) is 6.07 Å². The normalized spacial score (nSPS) is 10.3. The number of aliphatic hydroxyl groups excluding tert-OH is 1. The van der Waals surface area contributed by atoms with Crippen LogP contribution in [0, 0.1) is 10.1 Å². The van der Waals surface area contributed by atoms with Crippen LogP contribution in [0.3, 0.4) is 0 Å². The SMILES string of the molecule is CCNc1cc(NCCOCCO)c([N+](=O)[O-])cc1Cl. The van der Waals surface area contributed by atoms with Crippen LogP contribution < -0.4 is 10.6 Å². The molecular formula is C12H18ClN3O4. The molecule has 0 aromatic heterocycles. The molecule has 1 rings (SSSR count). The third-order valence-electron chi connectivity index (χ3n) is 2.45. The second kappa shape index (κ2) is 8.57. The van der Waals surface area contributed by atoms with E-state index in [1.807, 2.05) is 6.92 Å². The zero-order chi connectivity index (χ0) is 15.0. The van der Waals surface area contributed by atoms with Crippen LogP contribution in [0.25, 0.3) is 0 Å². The summed E-state index contributed by atoms with van der Waals surface area (Å²) in [4.78, 5) is 10.5. The van der Waals surface area contributed by atoms with E-state index in [2.05, 4.69) is 10.6 Å². The molecule has 0 aliphatic rings. The van der Waals surface area contributed by atoms with Crippen LogP contribution in [0.1, 0.15) is 6.92 Å². The predicted octanol–water partition coefficient (Wildman–Crippen LogP) is 2.10. The van der Waals surface area contributed by atoms with Crippen molar-refractivity contribution in [2.45, 2.75) is 6.92 Å². The summed E-state index contributed by atoms with van der Waals surface area (Å²) in [5.41, 5.74) is 0.931. The molecule has 8 heteroatoms. The van der Waals surface area contributed by atoms with E-state index in [9.17, 15) is 10.1 Å². The molecule has 7 nitrogen and oxygen atoms in total. The highest BCUT2D eigenvalue weighted by Crippen LogP contribution is 2.34. The summed E-state index contributed by atoms with van der Waals surface area (Å²) >= 11 is 5.98. The molecule has 1 aromatic carbocycles. The summed E-state index contributed by atoms with van der Waals surface area (Å²) < 4.78 is 5.08. The molecule has 0 heterocycles. The summed E-state index contributed by atoms with van der Waals surface area (Å²) in [6, 6.07) is 2.92. The Labute approximate surface area is 122 Å². The minimum absolute atomic E-state index is 0.0499. The monoisotopic (exact) mass is 303 g/mol. The standard InChI is InChI=1S/C12H18ClN3O4/c1-2-14-10-8-11(15-3-5-20-6-4-17)12(16(18)19)7-9(10)13/h7-8,14-15,17H,2-6H2,1H3. The van der Waals surface area contributed by atoms with Crippen molar-refractivity contribution in [1.82, 2.24) is 0 Å². The van der Waals surface area contributed by atoms with Gasteiger partial charge >= 0.3 is 0 Å². The van der Waals surface area contributed by atoms with Gasteiger partial charge in [-0.05, 0) is 13.0 Å². The number of aliphatic hydroxyl groups is 1. The molecule has 0 aliphatic heterocycles. The summed E-state index contributed by atoms with van der Waals surface area (Å²) in [5.74, 6) is 0. The molecule has 0 aliphatic carbocycles. The van der Waals surface area contributed by atoms with Crippen LogP contribution in [0.2, 0.25) is 5.02 Å². The van der Waals surface area contributed by atoms with Crippen molar-refractivity contribution < 1.29 is 14.8 Å². The maximum atomic E-state index is 11.0. The molecule has 20 heavy (non-hydrogen) atoms. The van der Waals surface area contributed by atoms with Gasteiger partial charge in [0, 0.05) is 19.2 Å². The van der Waals surface area contributed by atoms with Crippen LogP contribution >= 0.6 is 11.6 Å². The van der Waals surface area contributed by atoms with Crippen molar-refractivity contribution in [1.29, 1.82) is 0 Å². The smallest absolute Gasteiger partial charge is 0.293 e. The van der Waals surface area contributed by atoms with Crippen molar-refractivity contribution in [3.63, 3.8) is 0 Å². The molecule has 0 bridgehead atoms. The van der Waals surface area contributed by atoms with Gasteiger partial charge < -0.3 is 20.5 Å².